The molecule has 0 spiro atoms. The van der Waals surface area contributed by atoms with Gasteiger partial charge in [0.25, 0.3) is 0 Å². The van der Waals surface area contributed by atoms with Crippen molar-refractivity contribution in [3.63, 3.8) is 0 Å². The first-order valence-electron chi connectivity index (χ1n) is 7.04. The number of nitrogens with one attached hydrogen (secondary N) is 1. The number of nitrogens with zero attached hydrogens (tertiary/aromatic N) is 1. The molecular weight excluding hydrogens is 304 g/mol. The molecule has 0 aliphatic carbocycles. The molecule has 1 rings (SSSR count). The summed E-state index contributed by atoms with van der Waals surface area (Å²) in [7, 11) is 0. The van der Waals surface area contributed by atoms with Crippen LogP contribution in [0.1, 0.15) is 31.9 Å². The first-order valence-corrected chi connectivity index (χ1v) is 7.83. The van der Waals surface area contributed by atoms with E-state index in [1.54, 1.807) is 0 Å². The van der Waals surface area contributed by atoms with E-state index in [0.29, 0.717) is 6.54 Å². The fourth-order valence-electron chi connectivity index (χ4n) is 2.04. The van der Waals surface area contributed by atoms with Crippen LogP contribution in [0.5, 0.6) is 0 Å². The summed E-state index contributed by atoms with van der Waals surface area (Å²) in [5, 5.41) is 13.4. The third kappa shape index (κ3) is 6.52. The second kappa shape index (κ2) is 9.48. The zero-order valence-corrected chi connectivity index (χ0v) is 13.5. The molecule has 3 nitrogen and oxygen atoms in total. The summed E-state index contributed by atoms with van der Waals surface area (Å²) < 4.78 is 1.01. The van der Waals surface area contributed by atoms with Gasteiger partial charge in [-0.1, -0.05) is 41.9 Å². The number of halogens is 1. The average molecular weight is 329 g/mol. The van der Waals surface area contributed by atoms with Gasteiger partial charge in [-0.2, -0.15) is 0 Å². The molecule has 0 aliphatic heterocycles. The minimum atomic E-state index is -0.439. The molecule has 0 amide bonds. The van der Waals surface area contributed by atoms with Crippen LogP contribution >= 0.6 is 15.9 Å². The predicted octanol–water partition coefficient (Wildman–Crippen LogP) is 2.80. The summed E-state index contributed by atoms with van der Waals surface area (Å²) in [6.07, 6.45) is 0.679. The zero-order chi connectivity index (χ0) is 14.1. The highest BCUT2D eigenvalue weighted by molar-refractivity contribution is 9.10. The molecule has 0 radical (unpaired) electrons. The van der Waals surface area contributed by atoms with E-state index >= 15 is 0 Å². The SMILES string of the molecule is CCN(CC)CCCNCC(O)c1cccc(Br)c1. The summed E-state index contributed by atoms with van der Waals surface area (Å²) in [6, 6.07) is 7.83. The van der Waals surface area contributed by atoms with Crippen molar-refractivity contribution >= 4 is 15.9 Å². The largest absolute Gasteiger partial charge is 0.387 e. The van der Waals surface area contributed by atoms with Crippen LogP contribution in [0.2, 0.25) is 0 Å². The maximum absolute atomic E-state index is 10.1. The molecule has 0 fully saturated rings. The van der Waals surface area contributed by atoms with Gasteiger partial charge in [-0.3, -0.25) is 0 Å². The Kier molecular flexibility index (Phi) is 8.30. The fourth-order valence-corrected chi connectivity index (χ4v) is 2.45. The van der Waals surface area contributed by atoms with Gasteiger partial charge in [-0.05, 0) is 50.3 Å². The highest BCUT2D eigenvalue weighted by Crippen LogP contribution is 2.17. The molecular formula is C15H25BrN2O. The van der Waals surface area contributed by atoms with Gasteiger partial charge < -0.3 is 15.3 Å². The lowest BCUT2D eigenvalue weighted by Crippen LogP contribution is -2.28. The Hall–Kier alpha value is -0.420. The van der Waals surface area contributed by atoms with Gasteiger partial charge in [0.15, 0.2) is 0 Å². The van der Waals surface area contributed by atoms with Crippen LogP contribution in [0.25, 0.3) is 0 Å². The van der Waals surface area contributed by atoms with Gasteiger partial charge in [-0.25, -0.2) is 0 Å². The molecule has 4 heteroatoms. The summed E-state index contributed by atoms with van der Waals surface area (Å²) in [5.74, 6) is 0. The predicted molar refractivity (Wildman–Crippen MR) is 84.4 cm³/mol. The number of aliphatic hydroxyl groups excluding tert-OH is 1. The van der Waals surface area contributed by atoms with E-state index in [-0.39, 0.29) is 0 Å². The fraction of sp³-hybridized carbons (Fsp3) is 0.600. The van der Waals surface area contributed by atoms with E-state index in [1.165, 1.54) is 0 Å². The van der Waals surface area contributed by atoms with E-state index in [1.807, 2.05) is 24.3 Å². The number of aliphatic hydroxyl groups is 1. The quantitative estimate of drug-likeness (QED) is 0.684. The average Bonchev–Trinajstić information content (AvgIpc) is 2.42. The molecule has 1 aromatic carbocycles. The standard InChI is InChI=1S/C15H25BrN2O/c1-3-18(4-2)10-6-9-17-12-15(19)13-7-5-8-14(16)11-13/h5,7-8,11,15,17,19H,3-4,6,9-10,12H2,1-2H3. The third-order valence-electron chi connectivity index (χ3n) is 3.29. The van der Waals surface area contributed by atoms with Gasteiger partial charge in [0.05, 0.1) is 6.10 Å². The molecule has 1 unspecified atom stereocenters. The van der Waals surface area contributed by atoms with Crippen LogP contribution in [0.3, 0.4) is 0 Å². The van der Waals surface area contributed by atoms with Crippen LogP contribution < -0.4 is 5.32 Å². The van der Waals surface area contributed by atoms with Gasteiger partial charge >= 0.3 is 0 Å². The lowest BCUT2D eigenvalue weighted by molar-refractivity contribution is 0.174. The van der Waals surface area contributed by atoms with Crippen molar-refractivity contribution in [1.82, 2.24) is 10.2 Å². The molecule has 1 aromatic rings. The van der Waals surface area contributed by atoms with E-state index in [4.69, 9.17) is 0 Å². The Balaban J connectivity index is 2.19. The minimum Gasteiger partial charge on any atom is -0.387 e. The van der Waals surface area contributed by atoms with E-state index in [9.17, 15) is 5.11 Å². The van der Waals surface area contributed by atoms with Crippen molar-refractivity contribution in [2.45, 2.75) is 26.4 Å². The second-order valence-electron chi connectivity index (χ2n) is 4.66. The molecule has 2 N–H and O–H groups in total. The molecule has 1 atom stereocenters. The molecule has 0 bridgehead atoms. The molecule has 0 saturated carbocycles. The number of hydrogen-bond acceptors (Lipinski definition) is 3. The van der Waals surface area contributed by atoms with Crippen LogP contribution in [-0.4, -0.2) is 42.7 Å². The Bertz CT molecular complexity index is 356. The first kappa shape index (κ1) is 16.6. The minimum absolute atomic E-state index is 0.439. The topological polar surface area (TPSA) is 35.5 Å². The summed E-state index contributed by atoms with van der Waals surface area (Å²) in [6.45, 7) is 9.26. The number of benzene rings is 1. The van der Waals surface area contributed by atoms with Crippen LogP contribution in [0.15, 0.2) is 28.7 Å². The van der Waals surface area contributed by atoms with E-state index in [2.05, 4.69) is 40.0 Å². The van der Waals surface area contributed by atoms with Crippen LogP contribution in [0, 0.1) is 0 Å². The molecule has 0 aliphatic rings. The normalized spacial score (nSPS) is 12.9. The monoisotopic (exact) mass is 328 g/mol. The molecule has 0 heterocycles. The highest BCUT2D eigenvalue weighted by Gasteiger charge is 2.07. The maximum Gasteiger partial charge on any atom is 0.0914 e. The van der Waals surface area contributed by atoms with Crippen LogP contribution in [0.4, 0.5) is 0 Å². The van der Waals surface area contributed by atoms with E-state index in [0.717, 1.165) is 42.6 Å². The van der Waals surface area contributed by atoms with Gasteiger partial charge in [0, 0.05) is 11.0 Å². The van der Waals surface area contributed by atoms with Crippen molar-refractivity contribution < 1.29 is 5.11 Å². The third-order valence-corrected chi connectivity index (χ3v) is 3.79. The van der Waals surface area contributed by atoms with E-state index < -0.39 is 6.10 Å². The highest BCUT2D eigenvalue weighted by atomic mass is 79.9. The first-order chi connectivity index (χ1) is 9.17. The van der Waals surface area contributed by atoms with Crippen LogP contribution in [-0.2, 0) is 0 Å². The summed E-state index contributed by atoms with van der Waals surface area (Å²) in [5.41, 5.74) is 0.950. The lowest BCUT2D eigenvalue weighted by Gasteiger charge is -2.18. The van der Waals surface area contributed by atoms with Gasteiger partial charge in [0.2, 0.25) is 0 Å². The lowest BCUT2D eigenvalue weighted by atomic mass is 10.1. The van der Waals surface area contributed by atoms with Crippen molar-refractivity contribution in [3.05, 3.63) is 34.3 Å². The Morgan fingerprint density at radius 3 is 2.68 bits per heavy atom. The van der Waals surface area contributed by atoms with Crippen molar-refractivity contribution in [1.29, 1.82) is 0 Å². The maximum atomic E-state index is 10.1. The van der Waals surface area contributed by atoms with Crippen molar-refractivity contribution in [2.24, 2.45) is 0 Å². The number of rotatable bonds is 9. The Labute approximate surface area is 125 Å². The molecule has 0 aromatic heterocycles. The summed E-state index contributed by atoms with van der Waals surface area (Å²) >= 11 is 3.42. The van der Waals surface area contributed by atoms with Gasteiger partial charge in [0.1, 0.15) is 0 Å². The number of hydrogen-bond donors (Lipinski definition) is 2. The zero-order valence-electron chi connectivity index (χ0n) is 11.9. The summed E-state index contributed by atoms with van der Waals surface area (Å²) in [4.78, 5) is 2.41. The van der Waals surface area contributed by atoms with Crippen molar-refractivity contribution in [3.8, 4) is 0 Å². The Morgan fingerprint density at radius 2 is 2.05 bits per heavy atom. The smallest absolute Gasteiger partial charge is 0.0914 e. The molecule has 108 valence electrons. The van der Waals surface area contributed by atoms with Gasteiger partial charge in [-0.15, -0.1) is 0 Å². The molecule has 19 heavy (non-hydrogen) atoms. The second-order valence-corrected chi connectivity index (χ2v) is 5.57. The van der Waals surface area contributed by atoms with Crippen molar-refractivity contribution in [2.75, 3.05) is 32.7 Å². The molecule has 0 saturated heterocycles. The Morgan fingerprint density at radius 1 is 1.32 bits per heavy atom.